The number of anilines is 1. The lowest BCUT2D eigenvalue weighted by Crippen LogP contribution is -2.09. The number of nitrogens with one attached hydrogen (secondary N) is 1. The number of halogens is 1. The van der Waals surface area contributed by atoms with E-state index in [0.29, 0.717) is 0 Å². The molecule has 0 saturated carbocycles. The molecule has 3 aromatic rings. The second-order valence-corrected chi connectivity index (χ2v) is 5.97. The number of benzene rings is 2. The van der Waals surface area contributed by atoms with Gasteiger partial charge in [-0.2, -0.15) is 0 Å². The van der Waals surface area contributed by atoms with Crippen LogP contribution >= 0.6 is 15.9 Å². The first-order valence-corrected chi connectivity index (χ1v) is 7.68. The second-order valence-electron chi connectivity index (χ2n) is 5.06. The molecule has 0 amide bonds. The Kier molecular flexibility index (Phi) is 3.88. The van der Waals surface area contributed by atoms with Crippen molar-refractivity contribution >= 4 is 32.7 Å². The average Bonchev–Trinajstić information content (AvgIpc) is 2.49. The Hall–Kier alpha value is -1.94. The maximum Gasteiger partial charge on any atom is 0.138 e. The number of rotatable bonds is 3. The van der Waals surface area contributed by atoms with E-state index in [2.05, 4.69) is 56.3 Å². The van der Waals surface area contributed by atoms with E-state index in [0.717, 1.165) is 27.0 Å². The van der Waals surface area contributed by atoms with Crippen LogP contribution in [0.5, 0.6) is 0 Å². The van der Waals surface area contributed by atoms with Gasteiger partial charge < -0.3 is 5.32 Å². The lowest BCUT2D eigenvalue weighted by Gasteiger charge is -2.17. The first kappa shape index (κ1) is 14.0. The summed E-state index contributed by atoms with van der Waals surface area (Å²) in [5.41, 5.74) is 2.19. The van der Waals surface area contributed by atoms with Crippen LogP contribution in [-0.4, -0.2) is 9.97 Å². The Morgan fingerprint density at radius 2 is 1.81 bits per heavy atom. The van der Waals surface area contributed by atoms with Gasteiger partial charge in [0.05, 0.1) is 5.52 Å². The number of aromatic nitrogens is 2. The van der Waals surface area contributed by atoms with Crippen molar-refractivity contribution in [1.82, 2.24) is 9.97 Å². The molecule has 21 heavy (non-hydrogen) atoms. The van der Waals surface area contributed by atoms with Crippen molar-refractivity contribution in [3.8, 4) is 0 Å². The molecule has 0 spiro atoms. The minimum atomic E-state index is 0.183. The molecule has 0 aliphatic rings. The van der Waals surface area contributed by atoms with E-state index in [-0.39, 0.29) is 6.04 Å². The van der Waals surface area contributed by atoms with Crippen LogP contribution in [0, 0.1) is 6.92 Å². The lowest BCUT2D eigenvalue weighted by molar-refractivity contribution is 0.872. The SMILES string of the molecule is Cc1nc(N[C@H](C)c2ccccc2)c2cc(Br)ccc2n1. The van der Waals surface area contributed by atoms with Gasteiger partial charge >= 0.3 is 0 Å². The van der Waals surface area contributed by atoms with Crippen LogP contribution in [-0.2, 0) is 0 Å². The van der Waals surface area contributed by atoms with Gasteiger partial charge in [-0.1, -0.05) is 46.3 Å². The van der Waals surface area contributed by atoms with Gasteiger partial charge in [-0.3, -0.25) is 0 Å². The van der Waals surface area contributed by atoms with E-state index in [9.17, 15) is 0 Å². The molecule has 0 saturated heterocycles. The van der Waals surface area contributed by atoms with E-state index in [1.807, 2.05) is 37.3 Å². The van der Waals surface area contributed by atoms with Crippen molar-refractivity contribution in [2.45, 2.75) is 19.9 Å². The van der Waals surface area contributed by atoms with Crippen molar-refractivity contribution in [3.63, 3.8) is 0 Å². The molecule has 0 bridgehead atoms. The van der Waals surface area contributed by atoms with E-state index in [1.54, 1.807) is 0 Å². The van der Waals surface area contributed by atoms with Gasteiger partial charge in [0.2, 0.25) is 0 Å². The topological polar surface area (TPSA) is 37.8 Å². The third-order valence-corrected chi connectivity index (χ3v) is 3.92. The van der Waals surface area contributed by atoms with E-state index < -0.39 is 0 Å². The van der Waals surface area contributed by atoms with Gasteiger partial charge in [0.15, 0.2) is 0 Å². The molecule has 3 nitrogen and oxygen atoms in total. The summed E-state index contributed by atoms with van der Waals surface area (Å²) in [7, 11) is 0. The van der Waals surface area contributed by atoms with Gasteiger partial charge in [0.25, 0.3) is 0 Å². The van der Waals surface area contributed by atoms with Crippen LogP contribution in [0.4, 0.5) is 5.82 Å². The molecule has 3 rings (SSSR count). The first-order valence-electron chi connectivity index (χ1n) is 6.89. The van der Waals surface area contributed by atoms with Crippen LogP contribution in [0.2, 0.25) is 0 Å². The van der Waals surface area contributed by atoms with E-state index >= 15 is 0 Å². The number of nitrogens with zero attached hydrogens (tertiary/aromatic N) is 2. The largest absolute Gasteiger partial charge is 0.363 e. The Bertz CT molecular complexity index is 772. The molecule has 0 aliphatic carbocycles. The zero-order chi connectivity index (χ0) is 14.8. The molecule has 1 heterocycles. The number of hydrogen-bond donors (Lipinski definition) is 1. The molecule has 1 atom stereocenters. The van der Waals surface area contributed by atoms with Crippen LogP contribution < -0.4 is 5.32 Å². The summed E-state index contributed by atoms with van der Waals surface area (Å²) in [5, 5.41) is 4.52. The zero-order valence-corrected chi connectivity index (χ0v) is 13.6. The van der Waals surface area contributed by atoms with Crippen molar-refractivity contribution < 1.29 is 0 Å². The molecule has 106 valence electrons. The summed E-state index contributed by atoms with van der Waals surface area (Å²) in [6.07, 6.45) is 0. The second kappa shape index (κ2) is 5.82. The molecule has 0 fully saturated rings. The van der Waals surface area contributed by atoms with Crippen LogP contribution in [0.15, 0.2) is 53.0 Å². The van der Waals surface area contributed by atoms with Gasteiger partial charge in [0, 0.05) is 15.9 Å². The standard InChI is InChI=1S/C17H16BrN3/c1-11(13-6-4-3-5-7-13)19-17-15-10-14(18)8-9-16(15)20-12(2)21-17/h3-11H,1-2H3,(H,19,20,21)/t11-/m1/s1. The fraction of sp³-hybridized carbons (Fsp3) is 0.176. The summed E-state index contributed by atoms with van der Waals surface area (Å²) >= 11 is 3.51. The number of aryl methyl sites for hydroxylation is 1. The molecule has 1 aromatic heterocycles. The summed E-state index contributed by atoms with van der Waals surface area (Å²) in [6, 6.07) is 16.6. The van der Waals surface area contributed by atoms with Gasteiger partial charge in [0.1, 0.15) is 11.6 Å². The van der Waals surface area contributed by atoms with Crippen LogP contribution in [0.3, 0.4) is 0 Å². The molecule has 1 N–H and O–H groups in total. The van der Waals surface area contributed by atoms with Crippen molar-refractivity contribution in [1.29, 1.82) is 0 Å². The predicted molar refractivity (Wildman–Crippen MR) is 90.5 cm³/mol. The molecule has 0 radical (unpaired) electrons. The van der Waals surface area contributed by atoms with E-state index in [4.69, 9.17) is 0 Å². The lowest BCUT2D eigenvalue weighted by atomic mass is 10.1. The fourth-order valence-electron chi connectivity index (χ4n) is 2.36. The van der Waals surface area contributed by atoms with Gasteiger partial charge in [-0.05, 0) is 37.6 Å². The molecule has 2 aromatic carbocycles. The minimum Gasteiger partial charge on any atom is -0.363 e. The predicted octanol–water partition coefficient (Wildman–Crippen LogP) is 4.87. The maximum absolute atomic E-state index is 4.56. The molecule has 4 heteroatoms. The fourth-order valence-corrected chi connectivity index (χ4v) is 2.72. The normalized spacial score (nSPS) is 12.3. The van der Waals surface area contributed by atoms with Gasteiger partial charge in [-0.25, -0.2) is 9.97 Å². The van der Waals surface area contributed by atoms with Gasteiger partial charge in [-0.15, -0.1) is 0 Å². The highest BCUT2D eigenvalue weighted by atomic mass is 79.9. The average molecular weight is 342 g/mol. The summed E-state index contributed by atoms with van der Waals surface area (Å²) < 4.78 is 1.03. The Balaban J connectivity index is 2.02. The Morgan fingerprint density at radius 1 is 1.05 bits per heavy atom. The highest BCUT2D eigenvalue weighted by molar-refractivity contribution is 9.10. The Morgan fingerprint density at radius 3 is 2.57 bits per heavy atom. The minimum absolute atomic E-state index is 0.183. The summed E-state index contributed by atoms with van der Waals surface area (Å²) in [6.45, 7) is 4.05. The third kappa shape index (κ3) is 3.05. The highest BCUT2D eigenvalue weighted by Gasteiger charge is 2.10. The van der Waals surface area contributed by atoms with Crippen molar-refractivity contribution in [2.75, 3.05) is 5.32 Å². The zero-order valence-electron chi connectivity index (χ0n) is 12.0. The van der Waals surface area contributed by atoms with Crippen LogP contribution in [0.1, 0.15) is 24.4 Å². The first-order chi connectivity index (χ1) is 10.1. The number of fused-ring (bicyclic) bond motifs is 1. The molecule has 0 aliphatic heterocycles. The van der Waals surface area contributed by atoms with Crippen LogP contribution in [0.25, 0.3) is 10.9 Å². The monoisotopic (exact) mass is 341 g/mol. The maximum atomic E-state index is 4.56. The molecular formula is C17H16BrN3. The van der Waals surface area contributed by atoms with Crippen molar-refractivity contribution in [2.24, 2.45) is 0 Å². The summed E-state index contributed by atoms with van der Waals surface area (Å²) in [5.74, 6) is 1.64. The quantitative estimate of drug-likeness (QED) is 0.738. The highest BCUT2D eigenvalue weighted by Crippen LogP contribution is 2.27. The van der Waals surface area contributed by atoms with Crippen molar-refractivity contribution in [3.05, 3.63) is 64.4 Å². The Labute approximate surface area is 132 Å². The smallest absolute Gasteiger partial charge is 0.138 e. The third-order valence-electron chi connectivity index (χ3n) is 3.42. The number of hydrogen-bond acceptors (Lipinski definition) is 3. The van der Waals surface area contributed by atoms with E-state index in [1.165, 1.54) is 5.56 Å². The molecule has 0 unspecified atom stereocenters. The molecular weight excluding hydrogens is 326 g/mol. The summed E-state index contributed by atoms with van der Waals surface area (Å²) in [4.78, 5) is 9.05.